The summed E-state index contributed by atoms with van der Waals surface area (Å²) in [7, 11) is 0. The molecule has 7 heteroatoms. The van der Waals surface area contributed by atoms with Crippen molar-refractivity contribution in [3.63, 3.8) is 0 Å². The lowest BCUT2D eigenvalue weighted by molar-refractivity contribution is -0.137. The van der Waals surface area contributed by atoms with Crippen molar-refractivity contribution in [1.29, 1.82) is 0 Å². The first-order valence-electron chi connectivity index (χ1n) is 10.5. The van der Waals surface area contributed by atoms with E-state index in [0.717, 1.165) is 44.7 Å². The van der Waals surface area contributed by atoms with E-state index in [1.165, 1.54) is 18.2 Å². The van der Waals surface area contributed by atoms with Gasteiger partial charge >= 0.3 is 0 Å². The van der Waals surface area contributed by atoms with Crippen molar-refractivity contribution in [2.45, 2.75) is 19.4 Å². The molecule has 2 aliphatic heterocycles. The third kappa shape index (κ3) is 4.76. The third-order valence-corrected chi connectivity index (χ3v) is 6.52. The van der Waals surface area contributed by atoms with Gasteiger partial charge in [-0.3, -0.25) is 9.69 Å². The predicted octanol–water partition coefficient (Wildman–Crippen LogP) is 4.18. The van der Waals surface area contributed by atoms with Crippen molar-refractivity contribution in [3.8, 4) is 0 Å². The quantitative estimate of drug-likeness (QED) is 0.723. The second kappa shape index (κ2) is 9.31. The van der Waals surface area contributed by atoms with Gasteiger partial charge in [0.2, 0.25) is 5.91 Å². The summed E-state index contributed by atoms with van der Waals surface area (Å²) in [5.41, 5.74) is 1.52. The Hall–Kier alpha value is -2.18. The maximum atomic E-state index is 14.0. The van der Waals surface area contributed by atoms with Gasteiger partial charge in [0.05, 0.1) is 0 Å². The van der Waals surface area contributed by atoms with Crippen LogP contribution in [0.3, 0.4) is 0 Å². The summed E-state index contributed by atoms with van der Waals surface area (Å²) < 4.78 is 27.1. The van der Waals surface area contributed by atoms with Crippen LogP contribution in [0.15, 0.2) is 42.5 Å². The lowest BCUT2D eigenvalue weighted by atomic mass is 9.94. The highest BCUT2D eigenvalue weighted by Gasteiger charge is 2.30. The first-order valence-corrected chi connectivity index (χ1v) is 10.8. The number of anilines is 1. The van der Waals surface area contributed by atoms with E-state index < -0.39 is 0 Å². The van der Waals surface area contributed by atoms with Crippen LogP contribution in [0, 0.1) is 17.6 Å². The van der Waals surface area contributed by atoms with Gasteiger partial charge in [0.1, 0.15) is 11.6 Å². The smallest absolute Gasteiger partial charge is 0.225 e. The summed E-state index contributed by atoms with van der Waals surface area (Å²) in [4.78, 5) is 19.3. The topological polar surface area (TPSA) is 26.8 Å². The molecule has 0 spiro atoms. The maximum absolute atomic E-state index is 14.0. The molecule has 0 unspecified atom stereocenters. The van der Waals surface area contributed by atoms with Crippen LogP contribution in [0.1, 0.15) is 18.4 Å². The van der Waals surface area contributed by atoms with Crippen molar-refractivity contribution >= 4 is 23.2 Å². The minimum Gasteiger partial charge on any atom is -0.368 e. The zero-order chi connectivity index (χ0) is 21.1. The second-order valence-electron chi connectivity index (χ2n) is 8.04. The molecule has 2 aliphatic rings. The number of halogens is 3. The van der Waals surface area contributed by atoms with Gasteiger partial charge in [0.15, 0.2) is 0 Å². The van der Waals surface area contributed by atoms with Gasteiger partial charge < -0.3 is 9.80 Å². The Balaban J connectivity index is 1.26. The van der Waals surface area contributed by atoms with E-state index in [0.29, 0.717) is 30.2 Å². The van der Waals surface area contributed by atoms with E-state index >= 15 is 0 Å². The molecule has 0 radical (unpaired) electrons. The van der Waals surface area contributed by atoms with E-state index in [2.05, 4.69) is 9.80 Å². The van der Waals surface area contributed by atoms with Gasteiger partial charge in [-0.05, 0) is 62.3 Å². The summed E-state index contributed by atoms with van der Waals surface area (Å²) in [5.74, 6) is -0.275. The molecule has 0 aromatic heterocycles. The molecule has 160 valence electrons. The maximum Gasteiger partial charge on any atom is 0.225 e. The molecule has 2 saturated heterocycles. The highest BCUT2D eigenvalue weighted by molar-refractivity contribution is 6.31. The highest BCUT2D eigenvalue weighted by Crippen LogP contribution is 2.26. The number of piperazine rings is 1. The van der Waals surface area contributed by atoms with E-state index in [1.54, 1.807) is 24.3 Å². The average molecular weight is 434 g/mol. The first kappa shape index (κ1) is 21.1. The minimum atomic E-state index is -0.278. The van der Waals surface area contributed by atoms with E-state index in [4.69, 9.17) is 11.6 Å². The van der Waals surface area contributed by atoms with Gasteiger partial charge in [0.25, 0.3) is 0 Å². The Morgan fingerprint density at radius 3 is 2.23 bits per heavy atom. The van der Waals surface area contributed by atoms with Crippen molar-refractivity contribution in [3.05, 3.63) is 64.7 Å². The molecule has 30 heavy (non-hydrogen) atoms. The molecule has 2 fully saturated rings. The number of amides is 1. The van der Waals surface area contributed by atoms with Gasteiger partial charge in [0, 0.05) is 54.9 Å². The molecule has 0 atom stereocenters. The summed E-state index contributed by atoms with van der Waals surface area (Å²) in [6, 6.07) is 11.3. The predicted molar refractivity (Wildman–Crippen MR) is 115 cm³/mol. The normalized spacial score (nSPS) is 18.6. The Bertz CT molecular complexity index is 856. The number of likely N-dealkylation sites (tertiary alicyclic amines) is 1. The Morgan fingerprint density at radius 2 is 1.60 bits per heavy atom. The number of hydrogen-bond acceptors (Lipinski definition) is 3. The summed E-state index contributed by atoms with van der Waals surface area (Å²) in [5, 5.41) is 0.451. The Morgan fingerprint density at radius 1 is 0.933 bits per heavy atom. The molecule has 2 aromatic rings. The van der Waals surface area contributed by atoms with Crippen LogP contribution >= 0.6 is 11.6 Å². The molecular formula is C23H26ClF2N3O. The molecule has 2 aromatic carbocycles. The minimum absolute atomic E-state index is 0.0229. The van der Waals surface area contributed by atoms with Crippen LogP contribution in [-0.4, -0.2) is 55.0 Å². The van der Waals surface area contributed by atoms with E-state index in [9.17, 15) is 13.6 Å². The molecule has 0 N–H and O–H groups in total. The molecular weight excluding hydrogens is 408 g/mol. The number of hydrogen-bond donors (Lipinski definition) is 0. The molecule has 4 rings (SSSR count). The largest absolute Gasteiger partial charge is 0.368 e. The molecule has 4 nitrogen and oxygen atoms in total. The molecule has 0 saturated carbocycles. The number of carbonyl (C=O) groups excluding carboxylic acids is 1. The van der Waals surface area contributed by atoms with Crippen molar-refractivity contribution in [1.82, 2.24) is 9.80 Å². The van der Waals surface area contributed by atoms with Crippen LogP contribution in [-0.2, 0) is 11.3 Å². The Labute approximate surface area is 181 Å². The van der Waals surface area contributed by atoms with Crippen LogP contribution in [0.25, 0.3) is 0 Å². The van der Waals surface area contributed by atoms with E-state index in [-0.39, 0.29) is 23.5 Å². The first-order chi connectivity index (χ1) is 14.5. The monoisotopic (exact) mass is 433 g/mol. The van der Waals surface area contributed by atoms with Gasteiger partial charge in [-0.15, -0.1) is 0 Å². The van der Waals surface area contributed by atoms with Crippen molar-refractivity contribution in [2.24, 2.45) is 5.92 Å². The van der Waals surface area contributed by atoms with Gasteiger partial charge in [-0.2, -0.15) is 0 Å². The van der Waals surface area contributed by atoms with Crippen molar-refractivity contribution in [2.75, 3.05) is 44.2 Å². The van der Waals surface area contributed by atoms with Crippen molar-refractivity contribution < 1.29 is 13.6 Å². The fraction of sp³-hybridized carbons (Fsp3) is 0.435. The van der Waals surface area contributed by atoms with Crippen LogP contribution in [0.2, 0.25) is 5.02 Å². The van der Waals surface area contributed by atoms with Gasteiger partial charge in [-0.25, -0.2) is 8.78 Å². The lowest BCUT2D eigenvalue weighted by Crippen LogP contribution is -2.51. The highest BCUT2D eigenvalue weighted by atomic mass is 35.5. The zero-order valence-corrected chi connectivity index (χ0v) is 17.6. The number of piperidine rings is 1. The molecule has 0 aliphatic carbocycles. The number of nitrogens with zero attached hydrogens (tertiary/aromatic N) is 3. The van der Waals surface area contributed by atoms with Crippen LogP contribution < -0.4 is 4.90 Å². The summed E-state index contributed by atoms with van der Waals surface area (Å²) >= 11 is 6.14. The standard InChI is InChI=1S/C23H26ClF2N3O/c24-21-2-1-3-22(26)20(21)16-27-10-8-17(9-11-27)23(30)29-14-12-28(13-15-29)19-6-4-18(25)5-7-19/h1-7,17H,8-16H2. The lowest BCUT2D eigenvalue weighted by Gasteiger charge is -2.39. The number of carbonyl (C=O) groups is 1. The summed E-state index contributed by atoms with van der Waals surface area (Å²) in [6.45, 7) is 4.86. The van der Waals surface area contributed by atoms with E-state index in [1.807, 2.05) is 4.90 Å². The zero-order valence-electron chi connectivity index (χ0n) is 16.9. The fourth-order valence-electron chi connectivity index (χ4n) is 4.34. The van der Waals surface area contributed by atoms with Crippen LogP contribution in [0.5, 0.6) is 0 Å². The number of rotatable bonds is 4. The molecule has 1 amide bonds. The fourth-order valence-corrected chi connectivity index (χ4v) is 4.56. The summed E-state index contributed by atoms with van der Waals surface area (Å²) in [6.07, 6.45) is 1.56. The second-order valence-corrected chi connectivity index (χ2v) is 8.45. The van der Waals surface area contributed by atoms with Gasteiger partial charge in [-0.1, -0.05) is 17.7 Å². The average Bonchev–Trinajstić information content (AvgIpc) is 2.77. The molecule has 0 bridgehead atoms. The number of benzene rings is 2. The molecule has 2 heterocycles. The Kier molecular flexibility index (Phi) is 6.54. The SMILES string of the molecule is O=C(C1CCN(Cc2c(F)cccc2Cl)CC1)N1CCN(c2ccc(F)cc2)CC1. The third-order valence-electron chi connectivity index (χ3n) is 6.16. The van der Waals surface area contributed by atoms with Crippen LogP contribution in [0.4, 0.5) is 14.5 Å².